The Labute approximate surface area is 122 Å². The molecule has 10 nitrogen and oxygen atoms in total. The second-order valence-corrected chi connectivity index (χ2v) is 4.85. The molecule has 0 aliphatic rings. The molecule has 2 aromatic rings. The second-order valence-electron chi connectivity index (χ2n) is 3.89. The van der Waals surface area contributed by atoms with Crippen molar-refractivity contribution in [1.82, 2.24) is 25.2 Å². The van der Waals surface area contributed by atoms with Crippen LogP contribution in [0.5, 0.6) is 0 Å². The first-order valence-electron chi connectivity index (χ1n) is 5.63. The molecule has 0 atom stereocenters. The van der Waals surface area contributed by atoms with Gasteiger partial charge in [0.25, 0.3) is 0 Å². The summed E-state index contributed by atoms with van der Waals surface area (Å²) in [7, 11) is 1.24. The van der Waals surface area contributed by atoms with Crippen LogP contribution >= 0.6 is 11.8 Å². The minimum atomic E-state index is -0.532. The maximum absolute atomic E-state index is 11.2. The van der Waals surface area contributed by atoms with Crippen LogP contribution in [0, 0.1) is 17.0 Å². The molecule has 0 saturated carbocycles. The molecule has 0 radical (unpaired) electrons. The molecule has 0 aliphatic heterocycles. The van der Waals surface area contributed by atoms with Gasteiger partial charge in [0, 0.05) is 12.3 Å². The number of carbonyl (C=O) groups is 1. The number of hydrogen-bond acceptors (Lipinski definition) is 9. The molecular formula is C10H10N6O4S. The van der Waals surface area contributed by atoms with E-state index in [9.17, 15) is 14.9 Å². The summed E-state index contributed by atoms with van der Waals surface area (Å²) in [6.45, 7) is 1.52. The topological polar surface area (TPSA) is 126 Å². The Morgan fingerprint density at radius 2 is 2.33 bits per heavy atom. The van der Waals surface area contributed by atoms with Crippen molar-refractivity contribution in [2.45, 2.75) is 23.7 Å². The predicted octanol–water partition coefficient (Wildman–Crippen LogP) is 0.609. The van der Waals surface area contributed by atoms with Gasteiger partial charge in [0.05, 0.1) is 12.0 Å². The van der Waals surface area contributed by atoms with E-state index in [0.29, 0.717) is 5.56 Å². The fraction of sp³-hybridized carbons (Fsp3) is 0.300. The van der Waals surface area contributed by atoms with Gasteiger partial charge < -0.3 is 4.74 Å². The number of ether oxygens (including phenoxy) is 1. The van der Waals surface area contributed by atoms with Crippen molar-refractivity contribution in [3.63, 3.8) is 0 Å². The van der Waals surface area contributed by atoms with E-state index < -0.39 is 10.9 Å². The number of aryl methyl sites for hydroxylation is 1. The van der Waals surface area contributed by atoms with Crippen LogP contribution < -0.4 is 0 Å². The fourth-order valence-corrected chi connectivity index (χ4v) is 2.19. The van der Waals surface area contributed by atoms with Gasteiger partial charge in [-0.15, -0.1) is 5.10 Å². The highest BCUT2D eigenvalue weighted by molar-refractivity contribution is 7.99. The summed E-state index contributed by atoms with van der Waals surface area (Å²) in [5.74, 6) is -0.532. The Bertz CT molecular complexity index is 688. The summed E-state index contributed by atoms with van der Waals surface area (Å²) in [4.78, 5) is 25.7. The lowest BCUT2D eigenvalue weighted by Crippen LogP contribution is -2.13. The van der Waals surface area contributed by atoms with Crippen LogP contribution in [0.1, 0.15) is 5.56 Å². The molecule has 2 rings (SSSR count). The van der Waals surface area contributed by atoms with Gasteiger partial charge in [0.2, 0.25) is 5.16 Å². The van der Waals surface area contributed by atoms with E-state index >= 15 is 0 Å². The van der Waals surface area contributed by atoms with Gasteiger partial charge in [-0.1, -0.05) is 0 Å². The van der Waals surface area contributed by atoms with Crippen molar-refractivity contribution in [3.8, 4) is 0 Å². The Morgan fingerprint density at radius 1 is 1.57 bits per heavy atom. The van der Waals surface area contributed by atoms with Crippen molar-refractivity contribution in [3.05, 3.63) is 27.9 Å². The molecule has 0 aliphatic carbocycles. The van der Waals surface area contributed by atoms with E-state index in [4.69, 9.17) is 0 Å². The third-order valence-corrected chi connectivity index (χ3v) is 3.34. The summed E-state index contributed by atoms with van der Waals surface area (Å²) in [6, 6.07) is 1.41. The number of esters is 1. The largest absolute Gasteiger partial charge is 0.468 e. The molecule has 0 amide bonds. The summed E-state index contributed by atoms with van der Waals surface area (Å²) in [6.07, 6.45) is 1.50. The first-order chi connectivity index (χ1) is 10.0. The molecular weight excluding hydrogens is 300 g/mol. The number of pyridine rings is 1. The Balaban J connectivity index is 2.29. The number of aromatic nitrogens is 5. The Kier molecular flexibility index (Phi) is 4.42. The van der Waals surface area contributed by atoms with E-state index in [2.05, 4.69) is 25.2 Å². The average Bonchev–Trinajstić information content (AvgIpc) is 2.87. The summed E-state index contributed by atoms with van der Waals surface area (Å²) in [5.41, 5.74) is 0.521. The maximum atomic E-state index is 11.2. The van der Waals surface area contributed by atoms with Crippen LogP contribution in [-0.2, 0) is 16.1 Å². The van der Waals surface area contributed by atoms with E-state index in [-0.39, 0.29) is 22.4 Å². The molecule has 110 valence electrons. The number of nitro groups is 1. The lowest BCUT2D eigenvalue weighted by molar-refractivity contribution is -0.388. The van der Waals surface area contributed by atoms with Gasteiger partial charge in [-0.3, -0.25) is 14.9 Å². The molecule has 0 spiro atoms. The lowest BCUT2D eigenvalue weighted by atomic mass is 10.3. The average molecular weight is 310 g/mol. The molecule has 21 heavy (non-hydrogen) atoms. The van der Waals surface area contributed by atoms with Crippen molar-refractivity contribution in [2.24, 2.45) is 0 Å². The zero-order chi connectivity index (χ0) is 15.4. The third kappa shape index (κ3) is 3.51. The summed E-state index contributed by atoms with van der Waals surface area (Å²) < 4.78 is 5.70. The van der Waals surface area contributed by atoms with Crippen LogP contribution in [0.4, 0.5) is 5.69 Å². The van der Waals surface area contributed by atoms with Gasteiger partial charge in [-0.05, 0) is 34.7 Å². The van der Waals surface area contributed by atoms with E-state index in [1.807, 2.05) is 0 Å². The molecule has 0 unspecified atom stereocenters. The molecule has 11 heteroatoms. The quantitative estimate of drug-likeness (QED) is 0.443. The highest BCUT2D eigenvalue weighted by Crippen LogP contribution is 2.31. The number of rotatable bonds is 5. The molecule has 0 saturated heterocycles. The SMILES string of the molecule is COC(=O)Cn1nnnc1Sc1ncc(C)cc1[N+](=O)[O-]. The van der Waals surface area contributed by atoms with Gasteiger partial charge in [0.1, 0.15) is 6.54 Å². The molecule has 0 N–H and O–H groups in total. The van der Waals surface area contributed by atoms with Crippen LogP contribution in [0.3, 0.4) is 0 Å². The third-order valence-electron chi connectivity index (χ3n) is 2.36. The minimum absolute atomic E-state index is 0.145. The second kappa shape index (κ2) is 6.26. The van der Waals surface area contributed by atoms with Crippen LogP contribution in [0.2, 0.25) is 0 Å². The first-order valence-corrected chi connectivity index (χ1v) is 6.44. The maximum Gasteiger partial charge on any atom is 0.327 e. The number of nitrogens with zero attached hydrogens (tertiary/aromatic N) is 6. The normalized spacial score (nSPS) is 10.4. The van der Waals surface area contributed by atoms with Gasteiger partial charge in [-0.25, -0.2) is 9.67 Å². The van der Waals surface area contributed by atoms with Crippen molar-refractivity contribution in [2.75, 3.05) is 7.11 Å². The van der Waals surface area contributed by atoms with Gasteiger partial charge in [-0.2, -0.15) is 0 Å². The molecule has 0 bridgehead atoms. The lowest BCUT2D eigenvalue weighted by Gasteiger charge is -2.03. The first kappa shape index (κ1) is 14.8. The van der Waals surface area contributed by atoms with Crippen LogP contribution in [0.15, 0.2) is 22.4 Å². The fourth-order valence-electron chi connectivity index (χ4n) is 1.39. The smallest absolute Gasteiger partial charge is 0.327 e. The van der Waals surface area contributed by atoms with Crippen LogP contribution in [-0.4, -0.2) is 43.2 Å². The highest BCUT2D eigenvalue weighted by Gasteiger charge is 2.20. The standard InChI is InChI=1S/C10H10N6O4S/c1-6-3-7(16(18)19)9(11-4-6)21-10-12-13-14-15(10)5-8(17)20-2/h3-4H,5H2,1-2H3. The Hall–Kier alpha value is -2.56. The van der Waals surface area contributed by atoms with Crippen molar-refractivity contribution in [1.29, 1.82) is 0 Å². The minimum Gasteiger partial charge on any atom is -0.468 e. The number of hydrogen-bond donors (Lipinski definition) is 0. The molecule has 2 heterocycles. The van der Waals surface area contributed by atoms with Crippen molar-refractivity contribution >= 4 is 23.4 Å². The van der Waals surface area contributed by atoms with Gasteiger partial charge >= 0.3 is 11.7 Å². The number of carbonyl (C=O) groups excluding carboxylic acids is 1. The Morgan fingerprint density at radius 3 is 3.00 bits per heavy atom. The van der Waals surface area contributed by atoms with Gasteiger partial charge in [0.15, 0.2) is 5.03 Å². The zero-order valence-corrected chi connectivity index (χ0v) is 11.9. The summed E-state index contributed by atoms with van der Waals surface area (Å²) >= 11 is 0.903. The molecule has 0 aromatic carbocycles. The number of methoxy groups -OCH3 is 1. The zero-order valence-electron chi connectivity index (χ0n) is 11.1. The predicted molar refractivity (Wildman–Crippen MR) is 69.6 cm³/mol. The highest BCUT2D eigenvalue weighted by atomic mass is 32.2. The van der Waals surface area contributed by atoms with Crippen molar-refractivity contribution < 1.29 is 14.5 Å². The van der Waals surface area contributed by atoms with E-state index in [1.165, 1.54) is 24.1 Å². The molecule has 2 aromatic heterocycles. The monoisotopic (exact) mass is 310 g/mol. The molecule has 0 fully saturated rings. The number of tetrazole rings is 1. The summed E-state index contributed by atoms with van der Waals surface area (Å²) in [5, 5.41) is 22.2. The van der Waals surface area contributed by atoms with Crippen LogP contribution in [0.25, 0.3) is 0 Å². The van der Waals surface area contributed by atoms with E-state index in [1.54, 1.807) is 6.92 Å². The van der Waals surface area contributed by atoms with E-state index in [0.717, 1.165) is 11.8 Å².